The van der Waals surface area contributed by atoms with E-state index in [2.05, 4.69) is 5.43 Å². The maximum absolute atomic E-state index is 15.4. The second kappa shape index (κ2) is 13.1. The predicted molar refractivity (Wildman–Crippen MR) is 196 cm³/mol. The highest BCUT2D eigenvalue weighted by Crippen LogP contribution is 2.64. The molecule has 0 radical (unpaired) electrons. The Balaban J connectivity index is 1.31. The van der Waals surface area contributed by atoms with Crippen molar-refractivity contribution in [3.05, 3.63) is 123 Å². The summed E-state index contributed by atoms with van der Waals surface area (Å²) in [5.41, 5.74) is 2.04. The molecular formula is C40H30Cl2FN3O9. The van der Waals surface area contributed by atoms with E-state index in [1.165, 1.54) is 37.4 Å². The number of methoxy groups -OCH3 is 1. The highest BCUT2D eigenvalue weighted by atomic mass is 35.5. The second-order valence-electron chi connectivity index (χ2n) is 13.9. The van der Waals surface area contributed by atoms with Crippen LogP contribution in [0.1, 0.15) is 40.2 Å². The topological polar surface area (TPSA) is 174 Å². The fraction of sp³-hybridized carbons (Fsp3) is 0.225. The van der Waals surface area contributed by atoms with Gasteiger partial charge in [-0.05, 0) is 84.5 Å². The van der Waals surface area contributed by atoms with Crippen molar-refractivity contribution in [2.24, 2.45) is 23.7 Å². The summed E-state index contributed by atoms with van der Waals surface area (Å²) in [6.07, 6.45) is 1.73. The van der Waals surface area contributed by atoms with Gasteiger partial charge in [-0.3, -0.25) is 24.6 Å². The maximum atomic E-state index is 15.4. The Bertz CT molecular complexity index is 2390. The lowest BCUT2D eigenvalue weighted by molar-refractivity contribution is -0.138. The molecule has 6 atom stereocenters. The molecule has 2 heterocycles. The second-order valence-corrected chi connectivity index (χ2v) is 14.8. The van der Waals surface area contributed by atoms with Gasteiger partial charge in [-0.25, -0.2) is 14.1 Å². The maximum Gasteiger partial charge on any atom is 0.339 e. The molecule has 4 aromatic carbocycles. The van der Waals surface area contributed by atoms with Crippen LogP contribution in [-0.4, -0.2) is 57.0 Å². The summed E-state index contributed by atoms with van der Waals surface area (Å²) in [4.78, 5) is 71.1. The van der Waals surface area contributed by atoms with Crippen molar-refractivity contribution in [2.45, 2.75) is 24.2 Å². The molecule has 3 fully saturated rings. The molecule has 1 saturated carbocycles. The number of halogens is 3. The summed E-state index contributed by atoms with van der Waals surface area (Å²) in [5, 5.41) is 31.4. The van der Waals surface area contributed by atoms with Crippen LogP contribution in [0, 0.1) is 29.5 Å². The third-order valence-electron chi connectivity index (χ3n) is 11.4. The first-order valence-corrected chi connectivity index (χ1v) is 17.9. The van der Waals surface area contributed by atoms with Gasteiger partial charge in [0.1, 0.15) is 17.1 Å². The zero-order valence-corrected chi connectivity index (χ0v) is 30.2. The minimum absolute atomic E-state index is 0.0312. The third-order valence-corrected chi connectivity index (χ3v) is 11.9. The van der Waals surface area contributed by atoms with Crippen LogP contribution < -0.4 is 15.1 Å². The van der Waals surface area contributed by atoms with E-state index in [1.54, 1.807) is 30.3 Å². The Labute approximate surface area is 322 Å². The Kier molecular flexibility index (Phi) is 8.61. The van der Waals surface area contributed by atoms with Gasteiger partial charge in [-0.15, -0.1) is 0 Å². The molecule has 0 spiro atoms. The largest absolute Gasteiger partial charge is 0.507 e. The number of phenols is 2. The van der Waals surface area contributed by atoms with Gasteiger partial charge in [0.25, 0.3) is 11.8 Å². The number of aromatic hydroxyl groups is 2. The number of anilines is 2. The molecule has 4 aromatic rings. The number of rotatable bonds is 7. The number of ether oxygens (including phenoxy) is 1. The molecule has 4 amide bonds. The van der Waals surface area contributed by atoms with E-state index >= 15 is 9.18 Å². The minimum Gasteiger partial charge on any atom is -0.507 e. The standard InChI is InChI=1S/C40H30Cl2FN3O9/c1-55-22-7-3-19(4-8-22)40-27(36(50)46(39(40)54)44-30-12-5-20(41)15-28(30)42)17-26-23(34(40)18-2-13-31(47)29(43)14-18)10-11-25-33(26)37(51)45(35(25)49)21-6-9-24(38(52)53)32(48)16-21/h2-10,12-16,25-27,33-34,44,47-48H,11,17H2,1H3,(H,52,53). The number of benzene rings is 4. The third kappa shape index (κ3) is 5.35. The number of carboxylic acids is 1. The minimum atomic E-state index is -1.75. The van der Waals surface area contributed by atoms with E-state index in [4.69, 9.17) is 27.9 Å². The summed E-state index contributed by atoms with van der Waals surface area (Å²) in [6, 6.07) is 18.2. The zero-order chi connectivity index (χ0) is 39.1. The van der Waals surface area contributed by atoms with Gasteiger partial charge in [-0.2, -0.15) is 5.01 Å². The van der Waals surface area contributed by atoms with E-state index in [9.17, 15) is 34.5 Å². The average molecular weight is 787 g/mol. The quantitative estimate of drug-likeness (QED) is 0.121. The summed E-state index contributed by atoms with van der Waals surface area (Å²) >= 11 is 12.6. The molecule has 15 heteroatoms. The summed E-state index contributed by atoms with van der Waals surface area (Å²) < 4.78 is 20.8. The molecule has 2 saturated heterocycles. The van der Waals surface area contributed by atoms with Crippen molar-refractivity contribution in [3.63, 3.8) is 0 Å². The Morgan fingerprint density at radius 2 is 1.64 bits per heavy atom. The molecule has 55 heavy (non-hydrogen) atoms. The predicted octanol–water partition coefficient (Wildman–Crippen LogP) is 6.44. The van der Waals surface area contributed by atoms with E-state index in [0.29, 0.717) is 21.9 Å². The van der Waals surface area contributed by atoms with Crippen molar-refractivity contribution in [3.8, 4) is 17.2 Å². The molecule has 6 unspecified atom stereocenters. The first kappa shape index (κ1) is 36.1. The van der Waals surface area contributed by atoms with Crippen molar-refractivity contribution < 1.29 is 48.4 Å². The number of hydrogen-bond acceptors (Lipinski definition) is 9. The Hall–Kier alpha value is -5.92. The number of imide groups is 2. The number of carboxylic acid groups (broad SMARTS) is 1. The zero-order valence-electron chi connectivity index (χ0n) is 28.7. The van der Waals surface area contributed by atoms with Gasteiger partial charge in [0.2, 0.25) is 11.8 Å². The molecule has 12 nitrogen and oxygen atoms in total. The highest BCUT2D eigenvalue weighted by Gasteiger charge is 2.70. The van der Waals surface area contributed by atoms with E-state index < -0.39 is 87.5 Å². The number of hydrazine groups is 1. The molecule has 280 valence electrons. The van der Waals surface area contributed by atoms with Gasteiger partial charge in [0, 0.05) is 17.0 Å². The first-order valence-electron chi connectivity index (χ1n) is 17.1. The fourth-order valence-electron chi connectivity index (χ4n) is 9.02. The Morgan fingerprint density at radius 1 is 0.891 bits per heavy atom. The SMILES string of the molecule is COc1ccc(C23C(=O)N(Nc4ccc(Cl)cc4Cl)C(=O)C2CC2C(=CCC4C(=O)N(c5ccc(C(=O)O)c(O)c5)C(=O)C42)C3c2ccc(O)c(F)c2)cc1. The summed E-state index contributed by atoms with van der Waals surface area (Å²) in [6.45, 7) is 0. The molecule has 2 aliphatic carbocycles. The molecule has 4 N–H and O–H groups in total. The number of carbonyl (C=O) groups excluding carboxylic acids is 4. The molecule has 2 aliphatic heterocycles. The van der Waals surface area contributed by atoms with Crippen molar-refractivity contribution >= 4 is 64.2 Å². The average Bonchev–Trinajstić information content (AvgIpc) is 3.54. The van der Waals surface area contributed by atoms with Crippen molar-refractivity contribution in [1.29, 1.82) is 0 Å². The lowest BCUT2D eigenvalue weighted by atomic mass is 9.49. The molecule has 0 aromatic heterocycles. The van der Waals surface area contributed by atoms with Crippen molar-refractivity contribution in [1.82, 2.24) is 5.01 Å². The van der Waals surface area contributed by atoms with Crippen LogP contribution in [-0.2, 0) is 24.6 Å². The number of amides is 4. The molecular weight excluding hydrogens is 756 g/mol. The number of fused-ring (bicyclic) bond motifs is 4. The fourth-order valence-corrected chi connectivity index (χ4v) is 9.47. The van der Waals surface area contributed by atoms with Crippen LogP contribution in [0.3, 0.4) is 0 Å². The van der Waals surface area contributed by atoms with Crippen LogP contribution in [0.5, 0.6) is 17.2 Å². The lowest BCUT2D eigenvalue weighted by Crippen LogP contribution is -2.53. The van der Waals surface area contributed by atoms with E-state index in [-0.39, 0.29) is 34.8 Å². The smallest absolute Gasteiger partial charge is 0.339 e. The number of allylic oxidation sites excluding steroid dienone is 2. The van der Waals surface area contributed by atoms with Crippen LogP contribution in [0.2, 0.25) is 10.0 Å². The molecule has 4 aliphatic rings. The van der Waals surface area contributed by atoms with E-state index in [0.717, 1.165) is 34.2 Å². The van der Waals surface area contributed by atoms with Crippen LogP contribution in [0.4, 0.5) is 15.8 Å². The van der Waals surface area contributed by atoms with Gasteiger partial charge < -0.3 is 20.1 Å². The molecule has 0 bridgehead atoms. The Morgan fingerprint density at radius 3 is 2.29 bits per heavy atom. The van der Waals surface area contributed by atoms with Gasteiger partial charge in [0.05, 0.1) is 46.7 Å². The van der Waals surface area contributed by atoms with Gasteiger partial charge in [-0.1, -0.05) is 53.1 Å². The van der Waals surface area contributed by atoms with E-state index in [1.807, 2.05) is 0 Å². The number of nitrogens with zero attached hydrogens (tertiary/aromatic N) is 2. The highest BCUT2D eigenvalue weighted by molar-refractivity contribution is 6.36. The number of aromatic carboxylic acids is 1. The van der Waals surface area contributed by atoms with Crippen LogP contribution >= 0.6 is 23.2 Å². The normalized spacial score (nSPS) is 25.7. The monoisotopic (exact) mass is 785 g/mol. The van der Waals surface area contributed by atoms with Gasteiger partial charge in [0.15, 0.2) is 11.6 Å². The number of hydrogen-bond donors (Lipinski definition) is 4. The van der Waals surface area contributed by atoms with Crippen LogP contribution in [0.15, 0.2) is 90.5 Å². The van der Waals surface area contributed by atoms with Crippen molar-refractivity contribution in [2.75, 3.05) is 17.4 Å². The van der Waals surface area contributed by atoms with Gasteiger partial charge >= 0.3 is 5.97 Å². The van der Waals surface area contributed by atoms with Crippen LogP contribution in [0.25, 0.3) is 0 Å². The number of nitrogens with one attached hydrogen (secondary N) is 1. The summed E-state index contributed by atoms with van der Waals surface area (Å²) in [7, 11) is 1.48. The molecule has 8 rings (SSSR count). The number of carbonyl (C=O) groups is 5. The number of phenolic OH excluding ortho intramolecular Hbond substituents is 1. The lowest BCUT2D eigenvalue weighted by Gasteiger charge is -2.50. The first-order chi connectivity index (χ1) is 26.3. The summed E-state index contributed by atoms with van der Waals surface area (Å²) in [5.74, 6) is -10.8.